The van der Waals surface area contributed by atoms with Gasteiger partial charge < -0.3 is 10.7 Å². The number of nitrogens with zero attached hydrogens (tertiary/aromatic N) is 1. The Balaban J connectivity index is 1.95. The van der Waals surface area contributed by atoms with Crippen molar-refractivity contribution in [2.75, 3.05) is 6.54 Å². The molecule has 4 heteroatoms. The molecule has 0 aromatic carbocycles. The third-order valence-electron chi connectivity index (χ3n) is 3.14. The first-order valence-corrected chi connectivity index (χ1v) is 6.01. The summed E-state index contributed by atoms with van der Waals surface area (Å²) in [6.07, 6.45) is 6.29. The summed E-state index contributed by atoms with van der Waals surface area (Å²) in [6, 6.07) is 2.05. The number of aromatic amines is 1. The van der Waals surface area contributed by atoms with Crippen LogP contribution in [0.4, 0.5) is 0 Å². The number of nitrogens with two attached hydrogens (primary N) is 1. The van der Waals surface area contributed by atoms with Crippen molar-refractivity contribution in [2.45, 2.75) is 18.3 Å². The molecular formula is C11H13N3S. The fraction of sp³-hybridized carbons (Fsp3) is 0.364. The molecule has 0 unspecified atom stereocenters. The first kappa shape index (κ1) is 9.12. The molecule has 3 N–H and O–H groups in total. The van der Waals surface area contributed by atoms with Gasteiger partial charge in [-0.15, -0.1) is 11.3 Å². The van der Waals surface area contributed by atoms with E-state index >= 15 is 0 Å². The van der Waals surface area contributed by atoms with Gasteiger partial charge in [0, 0.05) is 35.3 Å². The summed E-state index contributed by atoms with van der Waals surface area (Å²) in [4.78, 5) is 7.72. The van der Waals surface area contributed by atoms with Gasteiger partial charge >= 0.3 is 0 Å². The molecule has 1 saturated carbocycles. The Kier molecular flexibility index (Phi) is 1.94. The van der Waals surface area contributed by atoms with Crippen molar-refractivity contribution in [1.29, 1.82) is 0 Å². The maximum absolute atomic E-state index is 5.79. The lowest BCUT2D eigenvalue weighted by Crippen LogP contribution is -2.19. The number of hydrogen-bond donors (Lipinski definition) is 2. The van der Waals surface area contributed by atoms with E-state index in [1.165, 1.54) is 24.1 Å². The Hall–Kier alpha value is -1.13. The fourth-order valence-electron chi connectivity index (χ4n) is 1.82. The highest BCUT2D eigenvalue weighted by atomic mass is 32.1. The predicted octanol–water partition coefficient (Wildman–Crippen LogP) is 2.13. The third kappa shape index (κ3) is 1.41. The smallest absolute Gasteiger partial charge is 0.125 e. The highest BCUT2D eigenvalue weighted by Gasteiger charge is 2.44. The first-order chi connectivity index (χ1) is 7.34. The van der Waals surface area contributed by atoms with E-state index in [2.05, 4.69) is 15.3 Å². The molecule has 2 aromatic rings. The molecule has 0 amide bonds. The zero-order valence-corrected chi connectivity index (χ0v) is 9.18. The van der Waals surface area contributed by atoms with Crippen molar-refractivity contribution in [3.8, 4) is 10.6 Å². The van der Waals surface area contributed by atoms with Crippen molar-refractivity contribution in [3.63, 3.8) is 0 Å². The molecular weight excluding hydrogens is 206 g/mol. The highest BCUT2D eigenvalue weighted by molar-refractivity contribution is 7.13. The van der Waals surface area contributed by atoms with Gasteiger partial charge in [0.1, 0.15) is 5.01 Å². The third-order valence-corrected chi connectivity index (χ3v) is 4.03. The van der Waals surface area contributed by atoms with E-state index < -0.39 is 0 Å². The van der Waals surface area contributed by atoms with Gasteiger partial charge in [-0.2, -0.15) is 0 Å². The van der Waals surface area contributed by atoms with Gasteiger partial charge in [0.25, 0.3) is 0 Å². The topological polar surface area (TPSA) is 54.7 Å². The van der Waals surface area contributed by atoms with Crippen LogP contribution in [0.3, 0.4) is 0 Å². The van der Waals surface area contributed by atoms with Crippen LogP contribution in [0.1, 0.15) is 18.5 Å². The monoisotopic (exact) mass is 219 g/mol. The van der Waals surface area contributed by atoms with Gasteiger partial charge in [-0.1, -0.05) is 0 Å². The lowest BCUT2D eigenvalue weighted by atomic mass is 10.0. The molecule has 15 heavy (non-hydrogen) atoms. The summed E-state index contributed by atoms with van der Waals surface area (Å²) in [5, 5.41) is 3.24. The van der Waals surface area contributed by atoms with Crippen molar-refractivity contribution in [2.24, 2.45) is 5.73 Å². The Morgan fingerprint density at radius 1 is 1.53 bits per heavy atom. The highest BCUT2D eigenvalue weighted by Crippen LogP contribution is 2.47. The molecule has 0 atom stereocenters. The lowest BCUT2D eigenvalue weighted by Gasteiger charge is -2.06. The minimum Gasteiger partial charge on any atom is -0.367 e. The molecule has 1 aliphatic rings. The zero-order chi connectivity index (χ0) is 10.3. The number of aromatic nitrogens is 2. The van der Waals surface area contributed by atoms with Crippen molar-refractivity contribution in [1.82, 2.24) is 9.97 Å². The summed E-state index contributed by atoms with van der Waals surface area (Å²) >= 11 is 1.70. The van der Waals surface area contributed by atoms with Crippen molar-refractivity contribution < 1.29 is 0 Å². The second-order valence-corrected chi connectivity index (χ2v) is 4.98. The molecule has 0 saturated heterocycles. The molecule has 3 nitrogen and oxygen atoms in total. The lowest BCUT2D eigenvalue weighted by molar-refractivity contribution is 0.685. The zero-order valence-electron chi connectivity index (χ0n) is 8.36. The van der Waals surface area contributed by atoms with Crippen LogP contribution in [-0.2, 0) is 5.41 Å². The number of hydrogen-bond acceptors (Lipinski definition) is 3. The normalized spacial score (nSPS) is 17.9. The van der Waals surface area contributed by atoms with Crippen LogP contribution in [0.15, 0.2) is 23.8 Å². The number of thiazole rings is 1. The molecule has 0 bridgehead atoms. The van der Waals surface area contributed by atoms with Gasteiger partial charge in [0.05, 0.1) is 5.69 Å². The second-order valence-electron chi connectivity index (χ2n) is 4.12. The van der Waals surface area contributed by atoms with E-state index in [1.54, 1.807) is 11.3 Å². The maximum Gasteiger partial charge on any atom is 0.125 e. The maximum atomic E-state index is 5.79. The first-order valence-electron chi connectivity index (χ1n) is 5.13. The number of nitrogens with one attached hydrogen (secondary N) is 1. The van der Waals surface area contributed by atoms with Crippen LogP contribution < -0.4 is 5.73 Å². The Labute approximate surface area is 92.4 Å². The van der Waals surface area contributed by atoms with E-state index in [-0.39, 0.29) is 5.41 Å². The van der Waals surface area contributed by atoms with Crippen molar-refractivity contribution in [3.05, 3.63) is 29.5 Å². The van der Waals surface area contributed by atoms with E-state index in [1.807, 2.05) is 18.5 Å². The van der Waals surface area contributed by atoms with E-state index in [9.17, 15) is 0 Å². The Morgan fingerprint density at radius 2 is 2.40 bits per heavy atom. The summed E-state index contributed by atoms with van der Waals surface area (Å²) in [5.74, 6) is 0. The van der Waals surface area contributed by atoms with Gasteiger partial charge in [0.15, 0.2) is 0 Å². The molecule has 1 fully saturated rings. The number of rotatable bonds is 3. The van der Waals surface area contributed by atoms with Crippen LogP contribution in [0.25, 0.3) is 10.6 Å². The summed E-state index contributed by atoms with van der Waals surface area (Å²) < 4.78 is 0. The molecule has 0 aliphatic heterocycles. The van der Waals surface area contributed by atoms with Gasteiger partial charge in [0.2, 0.25) is 0 Å². The summed E-state index contributed by atoms with van der Waals surface area (Å²) in [7, 11) is 0. The average Bonchev–Trinajstić information content (AvgIpc) is 2.74. The number of H-pyrrole nitrogens is 1. The largest absolute Gasteiger partial charge is 0.367 e. The molecule has 2 heterocycles. The molecule has 0 radical (unpaired) electrons. The minimum absolute atomic E-state index is 0.213. The fourth-order valence-corrected chi connectivity index (χ4v) is 2.76. The van der Waals surface area contributed by atoms with Crippen LogP contribution in [-0.4, -0.2) is 16.5 Å². The average molecular weight is 219 g/mol. The van der Waals surface area contributed by atoms with Gasteiger partial charge in [-0.25, -0.2) is 4.98 Å². The molecule has 1 aliphatic carbocycles. The quantitative estimate of drug-likeness (QED) is 0.831. The van der Waals surface area contributed by atoms with Crippen molar-refractivity contribution >= 4 is 11.3 Å². The summed E-state index contributed by atoms with van der Waals surface area (Å²) in [6.45, 7) is 0.726. The molecule has 0 spiro atoms. The van der Waals surface area contributed by atoms with E-state index in [0.717, 1.165) is 11.6 Å². The standard InChI is InChI=1S/C11H13N3S/c12-7-11(2-3-11)9-6-15-10(14-9)8-1-4-13-5-8/h1,4-6,13H,2-3,7,12H2. The molecule has 3 rings (SSSR count). The van der Waals surface area contributed by atoms with E-state index in [4.69, 9.17) is 5.73 Å². The second kappa shape index (κ2) is 3.18. The van der Waals surface area contributed by atoms with Gasteiger partial charge in [-0.3, -0.25) is 0 Å². The Morgan fingerprint density at radius 3 is 3.00 bits per heavy atom. The Bertz CT molecular complexity index is 454. The summed E-state index contributed by atoms with van der Waals surface area (Å²) in [5.41, 5.74) is 8.35. The minimum atomic E-state index is 0.213. The van der Waals surface area contributed by atoms with Gasteiger partial charge in [-0.05, 0) is 18.9 Å². The van der Waals surface area contributed by atoms with Crippen LogP contribution >= 0.6 is 11.3 Å². The van der Waals surface area contributed by atoms with E-state index in [0.29, 0.717) is 0 Å². The molecule has 2 aromatic heterocycles. The van der Waals surface area contributed by atoms with Crippen LogP contribution in [0.2, 0.25) is 0 Å². The SMILES string of the molecule is NCC1(c2csc(-c3cc[nH]c3)n2)CC1. The predicted molar refractivity (Wildman–Crippen MR) is 61.9 cm³/mol. The van der Waals surface area contributed by atoms with Crippen LogP contribution in [0, 0.1) is 0 Å². The van der Waals surface area contributed by atoms with Crippen LogP contribution in [0.5, 0.6) is 0 Å². The molecule has 78 valence electrons.